The van der Waals surface area contributed by atoms with E-state index in [9.17, 15) is 5.11 Å². The molecule has 18 heavy (non-hydrogen) atoms. The lowest BCUT2D eigenvalue weighted by Gasteiger charge is -2.03. The van der Waals surface area contributed by atoms with Crippen molar-refractivity contribution in [1.82, 2.24) is 19.7 Å². The van der Waals surface area contributed by atoms with Crippen LogP contribution in [0, 0.1) is 0 Å². The molecule has 2 heterocycles. The van der Waals surface area contributed by atoms with Crippen molar-refractivity contribution in [1.29, 1.82) is 0 Å². The summed E-state index contributed by atoms with van der Waals surface area (Å²) in [6.45, 7) is 0. The number of aryl methyl sites for hydroxylation is 1. The number of aromatic nitrogens is 4. The van der Waals surface area contributed by atoms with Crippen molar-refractivity contribution in [2.75, 3.05) is 0 Å². The van der Waals surface area contributed by atoms with Crippen molar-refractivity contribution in [2.24, 2.45) is 7.05 Å². The van der Waals surface area contributed by atoms with Gasteiger partial charge in [-0.15, -0.1) is 0 Å². The van der Waals surface area contributed by atoms with Gasteiger partial charge in [-0.3, -0.25) is 4.68 Å². The van der Waals surface area contributed by atoms with Crippen LogP contribution in [-0.2, 0) is 7.05 Å². The highest BCUT2D eigenvalue weighted by Crippen LogP contribution is 2.35. The highest BCUT2D eigenvalue weighted by Gasteiger charge is 2.10. The molecule has 0 aliphatic rings. The van der Waals surface area contributed by atoms with Crippen molar-refractivity contribution in [3.05, 3.63) is 36.8 Å². The fourth-order valence-electron chi connectivity index (χ4n) is 1.67. The molecule has 5 nitrogen and oxygen atoms in total. The van der Waals surface area contributed by atoms with Crippen molar-refractivity contribution in [2.45, 2.75) is 9.92 Å². The summed E-state index contributed by atoms with van der Waals surface area (Å²) in [5.41, 5.74) is 0.780. The zero-order chi connectivity index (χ0) is 12.5. The molecule has 0 atom stereocenters. The molecule has 0 aliphatic carbocycles. The summed E-state index contributed by atoms with van der Waals surface area (Å²) in [5, 5.41) is 15.6. The van der Waals surface area contributed by atoms with Gasteiger partial charge in [0.2, 0.25) is 0 Å². The van der Waals surface area contributed by atoms with Crippen LogP contribution in [0.4, 0.5) is 0 Å². The van der Waals surface area contributed by atoms with Gasteiger partial charge in [-0.1, -0.05) is 23.9 Å². The third-order valence-electron chi connectivity index (χ3n) is 2.56. The van der Waals surface area contributed by atoms with Crippen LogP contribution in [0.1, 0.15) is 0 Å². The number of phenols is 1. The van der Waals surface area contributed by atoms with Gasteiger partial charge in [0.1, 0.15) is 17.1 Å². The zero-order valence-corrected chi connectivity index (χ0v) is 10.4. The van der Waals surface area contributed by atoms with Gasteiger partial charge in [0.15, 0.2) is 5.65 Å². The molecule has 0 amide bonds. The number of hydrogen-bond donors (Lipinski definition) is 1. The maximum absolute atomic E-state index is 9.76. The Bertz CT molecular complexity index is 710. The first kappa shape index (κ1) is 11.0. The second-order valence-corrected chi connectivity index (χ2v) is 4.78. The van der Waals surface area contributed by atoms with Crippen molar-refractivity contribution >= 4 is 22.8 Å². The van der Waals surface area contributed by atoms with Gasteiger partial charge in [-0.25, -0.2) is 9.97 Å². The summed E-state index contributed by atoms with van der Waals surface area (Å²) in [4.78, 5) is 9.19. The molecule has 6 heteroatoms. The summed E-state index contributed by atoms with van der Waals surface area (Å²) in [7, 11) is 1.84. The molecule has 1 aromatic carbocycles. The Morgan fingerprint density at radius 3 is 2.89 bits per heavy atom. The first-order valence-corrected chi connectivity index (χ1v) is 6.16. The molecule has 0 bridgehead atoms. The van der Waals surface area contributed by atoms with Gasteiger partial charge in [-0.2, -0.15) is 5.10 Å². The number of nitrogens with zero attached hydrogens (tertiary/aromatic N) is 4. The lowest BCUT2D eigenvalue weighted by Crippen LogP contribution is -1.92. The Kier molecular flexibility index (Phi) is 2.64. The minimum absolute atomic E-state index is 0.248. The lowest BCUT2D eigenvalue weighted by atomic mass is 10.3. The molecule has 0 spiro atoms. The van der Waals surface area contributed by atoms with E-state index in [4.69, 9.17) is 0 Å². The summed E-state index contributed by atoms with van der Waals surface area (Å²) >= 11 is 1.40. The highest BCUT2D eigenvalue weighted by atomic mass is 32.2. The zero-order valence-electron chi connectivity index (χ0n) is 9.61. The summed E-state index contributed by atoms with van der Waals surface area (Å²) in [6, 6.07) is 7.18. The number of phenolic OH excluding ortho intramolecular Hbond substituents is 1. The van der Waals surface area contributed by atoms with Gasteiger partial charge in [0.05, 0.1) is 16.5 Å². The van der Waals surface area contributed by atoms with E-state index in [1.165, 1.54) is 18.1 Å². The van der Waals surface area contributed by atoms with Crippen LogP contribution in [0.15, 0.2) is 46.7 Å². The molecule has 0 saturated carbocycles. The molecular weight excluding hydrogens is 248 g/mol. The van der Waals surface area contributed by atoms with Crippen LogP contribution in [-0.4, -0.2) is 24.9 Å². The van der Waals surface area contributed by atoms with E-state index in [1.54, 1.807) is 23.0 Å². The molecule has 0 radical (unpaired) electrons. The molecule has 2 aromatic heterocycles. The molecule has 0 aliphatic heterocycles. The van der Waals surface area contributed by atoms with Gasteiger partial charge in [-0.05, 0) is 12.1 Å². The third kappa shape index (κ3) is 1.80. The smallest absolute Gasteiger partial charge is 0.162 e. The quantitative estimate of drug-likeness (QED) is 0.714. The van der Waals surface area contributed by atoms with Gasteiger partial charge < -0.3 is 5.11 Å². The number of benzene rings is 1. The summed E-state index contributed by atoms with van der Waals surface area (Å²) in [6.07, 6.45) is 3.24. The predicted molar refractivity (Wildman–Crippen MR) is 68.5 cm³/mol. The van der Waals surface area contributed by atoms with Crippen LogP contribution >= 0.6 is 11.8 Å². The van der Waals surface area contributed by atoms with Crippen LogP contribution in [0.25, 0.3) is 11.0 Å². The molecule has 1 N–H and O–H groups in total. The van der Waals surface area contributed by atoms with E-state index >= 15 is 0 Å². The third-order valence-corrected chi connectivity index (χ3v) is 3.65. The van der Waals surface area contributed by atoms with E-state index in [2.05, 4.69) is 15.1 Å². The van der Waals surface area contributed by atoms with E-state index in [0.717, 1.165) is 21.0 Å². The number of rotatable bonds is 2. The fraction of sp³-hybridized carbons (Fsp3) is 0.0833. The molecule has 3 aromatic rings. The largest absolute Gasteiger partial charge is 0.507 e. The highest BCUT2D eigenvalue weighted by molar-refractivity contribution is 7.99. The molecule has 0 fully saturated rings. The molecule has 0 saturated heterocycles. The predicted octanol–water partition coefficient (Wildman–Crippen LogP) is 2.22. The van der Waals surface area contributed by atoms with E-state index < -0.39 is 0 Å². The Balaban J connectivity index is 2.08. The Morgan fingerprint density at radius 2 is 2.06 bits per heavy atom. The van der Waals surface area contributed by atoms with Gasteiger partial charge in [0, 0.05) is 7.05 Å². The summed E-state index contributed by atoms with van der Waals surface area (Å²) < 4.78 is 1.70. The van der Waals surface area contributed by atoms with E-state index in [-0.39, 0.29) is 5.75 Å². The van der Waals surface area contributed by atoms with Crippen LogP contribution in [0.2, 0.25) is 0 Å². The average molecular weight is 258 g/mol. The number of para-hydroxylation sites is 1. The Labute approximate surface area is 107 Å². The monoisotopic (exact) mass is 258 g/mol. The molecular formula is C12H10N4OS. The van der Waals surface area contributed by atoms with E-state index in [0.29, 0.717) is 0 Å². The number of fused-ring (bicyclic) bond motifs is 1. The van der Waals surface area contributed by atoms with Crippen LogP contribution in [0.5, 0.6) is 5.75 Å². The second-order valence-electron chi connectivity index (χ2n) is 3.75. The molecule has 3 rings (SSSR count). The van der Waals surface area contributed by atoms with Crippen molar-refractivity contribution in [3.8, 4) is 5.75 Å². The first-order valence-electron chi connectivity index (χ1n) is 5.34. The van der Waals surface area contributed by atoms with Crippen molar-refractivity contribution < 1.29 is 5.11 Å². The maximum atomic E-state index is 9.76. The molecule has 90 valence electrons. The Morgan fingerprint density at radius 1 is 1.22 bits per heavy atom. The minimum Gasteiger partial charge on any atom is -0.507 e. The van der Waals surface area contributed by atoms with E-state index in [1.807, 2.05) is 19.2 Å². The van der Waals surface area contributed by atoms with Crippen LogP contribution < -0.4 is 0 Å². The van der Waals surface area contributed by atoms with Gasteiger partial charge >= 0.3 is 0 Å². The normalized spacial score (nSPS) is 10.9. The average Bonchev–Trinajstić information content (AvgIpc) is 2.76. The standard InChI is InChI=1S/C12H10N4OS/c1-16-11-8(6-15-16)12(14-7-13-11)18-10-5-3-2-4-9(10)17/h2-7,17H,1H3. The number of hydrogen-bond acceptors (Lipinski definition) is 5. The van der Waals surface area contributed by atoms with Crippen LogP contribution in [0.3, 0.4) is 0 Å². The Hall–Kier alpha value is -2.08. The molecule has 0 unspecified atom stereocenters. The first-order chi connectivity index (χ1) is 8.75. The number of aromatic hydroxyl groups is 1. The fourth-order valence-corrected chi connectivity index (χ4v) is 2.55. The lowest BCUT2D eigenvalue weighted by molar-refractivity contribution is 0.462. The minimum atomic E-state index is 0.248. The topological polar surface area (TPSA) is 63.8 Å². The second kappa shape index (κ2) is 4.30. The SMILES string of the molecule is Cn1ncc2c(Sc3ccccc3O)ncnc21. The van der Waals surface area contributed by atoms with Gasteiger partial charge in [0.25, 0.3) is 0 Å². The summed E-state index contributed by atoms with van der Waals surface area (Å²) in [5.74, 6) is 0.248. The maximum Gasteiger partial charge on any atom is 0.162 e. The van der Waals surface area contributed by atoms with Crippen molar-refractivity contribution in [3.63, 3.8) is 0 Å².